The van der Waals surface area contributed by atoms with Crippen molar-refractivity contribution in [1.29, 1.82) is 0 Å². The number of esters is 1. The molecule has 6 nitrogen and oxygen atoms in total. The van der Waals surface area contributed by atoms with Crippen molar-refractivity contribution in [2.75, 3.05) is 6.61 Å². The van der Waals surface area contributed by atoms with Gasteiger partial charge in [0.25, 0.3) is 0 Å². The number of nitrogens with zero attached hydrogens (tertiary/aromatic N) is 1. The standard InChI is InChI=1S/C18H20Cl2N2O4S/c1-2-26-18(23)13-5-3-4-6-16(13)22-27(24,25)11-7-8-12-14(9-11)17(20)21-10-15(12)19/h7-10,13,16,22H,2-6H2,1H3. The molecule has 0 amide bonds. The van der Waals surface area contributed by atoms with Crippen molar-refractivity contribution in [3.8, 4) is 0 Å². The van der Waals surface area contributed by atoms with E-state index in [-0.39, 0.29) is 22.6 Å². The third kappa shape index (κ3) is 4.37. The van der Waals surface area contributed by atoms with Crippen molar-refractivity contribution < 1.29 is 17.9 Å². The van der Waals surface area contributed by atoms with Crippen LogP contribution in [0, 0.1) is 5.92 Å². The second kappa shape index (κ2) is 8.31. The molecule has 0 radical (unpaired) electrons. The van der Waals surface area contributed by atoms with E-state index in [1.807, 2.05) is 0 Å². The van der Waals surface area contributed by atoms with Gasteiger partial charge in [-0.1, -0.05) is 42.1 Å². The average molecular weight is 431 g/mol. The minimum atomic E-state index is -3.85. The quantitative estimate of drug-likeness (QED) is 0.573. The molecule has 0 aliphatic heterocycles. The first-order chi connectivity index (χ1) is 12.8. The fourth-order valence-corrected chi connectivity index (χ4v) is 5.15. The summed E-state index contributed by atoms with van der Waals surface area (Å²) in [6.45, 7) is 2.00. The smallest absolute Gasteiger partial charge is 0.310 e. The molecule has 1 fully saturated rings. The molecule has 3 rings (SSSR count). The highest BCUT2D eigenvalue weighted by molar-refractivity contribution is 7.89. The Labute approximate surface area is 168 Å². The van der Waals surface area contributed by atoms with E-state index in [2.05, 4.69) is 9.71 Å². The van der Waals surface area contributed by atoms with Gasteiger partial charge in [-0.2, -0.15) is 0 Å². The lowest BCUT2D eigenvalue weighted by molar-refractivity contribution is -0.149. The summed E-state index contributed by atoms with van der Waals surface area (Å²) < 4.78 is 33.6. The van der Waals surface area contributed by atoms with Crippen molar-refractivity contribution in [3.63, 3.8) is 0 Å². The fraction of sp³-hybridized carbons (Fsp3) is 0.444. The maximum atomic E-state index is 12.9. The minimum absolute atomic E-state index is 0.0501. The molecule has 2 atom stereocenters. The van der Waals surface area contributed by atoms with Crippen LogP contribution < -0.4 is 4.72 Å². The van der Waals surface area contributed by atoms with Crippen LogP contribution in [-0.4, -0.2) is 32.0 Å². The molecule has 1 heterocycles. The molecular formula is C18H20Cl2N2O4S. The SMILES string of the molecule is CCOC(=O)C1CCCCC1NS(=O)(=O)c1ccc2c(Cl)cnc(Cl)c2c1. The zero-order valence-corrected chi connectivity index (χ0v) is 17.1. The van der Waals surface area contributed by atoms with E-state index in [4.69, 9.17) is 27.9 Å². The van der Waals surface area contributed by atoms with Gasteiger partial charge >= 0.3 is 5.97 Å². The number of rotatable bonds is 5. The maximum absolute atomic E-state index is 12.9. The molecule has 2 unspecified atom stereocenters. The first-order valence-corrected chi connectivity index (χ1v) is 11.0. The Morgan fingerprint density at radius 2 is 2.00 bits per heavy atom. The second-order valence-electron chi connectivity index (χ2n) is 6.48. The molecule has 2 aromatic rings. The summed E-state index contributed by atoms with van der Waals surface area (Å²) in [5, 5.41) is 1.64. The van der Waals surface area contributed by atoms with Gasteiger partial charge < -0.3 is 4.74 Å². The van der Waals surface area contributed by atoms with Crippen LogP contribution in [-0.2, 0) is 19.6 Å². The van der Waals surface area contributed by atoms with Crippen molar-refractivity contribution >= 4 is 50.0 Å². The number of nitrogens with one attached hydrogen (secondary N) is 1. The minimum Gasteiger partial charge on any atom is -0.466 e. The number of hydrogen-bond acceptors (Lipinski definition) is 5. The molecule has 0 spiro atoms. The van der Waals surface area contributed by atoms with Crippen LogP contribution in [0.2, 0.25) is 10.2 Å². The van der Waals surface area contributed by atoms with E-state index in [0.29, 0.717) is 28.6 Å². The number of ether oxygens (including phenoxy) is 1. The third-order valence-electron chi connectivity index (χ3n) is 4.73. The molecule has 0 bridgehead atoms. The topological polar surface area (TPSA) is 85.4 Å². The Kier molecular flexibility index (Phi) is 6.25. The lowest BCUT2D eigenvalue weighted by Gasteiger charge is -2.30. The first kappa shape index (κ1) is 20.3. The van der Waals surface area contributed by atoms with Crippen molar-refractivity contribution in [3.05, 3.63) is 34.6 Å². The second-order valence-corrected chi connectivity index (χ2v) is 8.95. The van der Waals surface area contributed by atoms with E-state index in [9.17, 15) is 13.2 Å². The Hall–Kier alpha value is -1.41. The Balaban J connectivity index is 1.90. The van der Waals surface area contributed by atoms with Crippen LogP contribution in [0.1, 0.15) is 32.6 Å². The molecule has 146 valence electrons. The highest BCUT2D eigenvalue weighted by atomic mass is 35.5. The number of carbonyl (C=O) groups excluding carboxylic acids is 1. The summed E-state index contributed by atoms with van der Waals surface area (Å²) >= 11 is 12.2. The van der Waals surface area contributed by atoms with Gasteiger partial charge in [-0.25, -0.2) is 18.1 Å². The van der Waals surface area contributed by atoms with E-state index in [0.717, 1.165) is 12.8 Å². The summed E-state index contributed by atoms with van der Waals surface area (Å²) in [6.07, 6.45) is 4.34. The van der Waals surface area contributed by atoms with Crippen LogP contribution >= 0.6 is 23.2 Å². The van der Waals surface area contributed by atoms with Gasteiger partial charge in [0.05, 0.1) is 22.4 Å². The summed E-state index contributed by atoms with van der Waals surface area (Å²) in [5.74, 6) is -0.837. The van der Waals surface area contributed by atoms with E-state index < -0.39 is 22.0 Å². The van der Waals surface area contributed by atoms with Gasteiger partial charge in [0.1, 0.15) is 5.15 Å². The largest absolute Gasteiger partial charge is 0.466 e. The first-order valence-electron chi connectivity index (χ1n) is 8.76. The highest BCUT2D eigenvalue weighted by Crippen LogP contribution is 2.31. The average Bonchev–Trinajstić information content (AvgIpc) is 2.65. The molecular weight excluding hydrogens is 411 g/mol. The maximum Gasteiger partial charge on any atom is 0.310 e. The number of sulfonamides is 1. The Morgan fingerprint density at radius 1 is 1.26 bits per heavy atom. The Morgan fingerprint density at radius 3 is 2.74 bits per heavy atom. The van der Waals surface area contributed by atoms with Gasteiger partial charge in [0, 0.05) is 23.0 Å². The van der Waals surface area contributed by atoms with Crippen LogP contribution in [0.3, 0.4) is 0 Å². The molecule has 1 aromatic carbocycles. The van der Waals surface area contributed by atoms with E-state index in [1.54, 1.807) is 13.0 Å². The zero-order valence-electron chi connectivity index (χ0n) is 14.7. The zero-order chi connectivity index (χ0) is 19.6. The van der Waals surface area contributed by atoms with Gasteiger partial charge in [-0.15, -0.1) is 0 Å². The number of halogens is 2. The number of aromatic nitrogens is 1. The molecule has 1 aliphatic rings. The Bertz CT molecular complexity index is 965. The summed E-state index contributed by atoms with van der Waals surface area (Å²) in [5.41, 5.74) is 0. The fourth-order valence-electron chi connectivity index (χ4n) is 3.39. The van der Waals surface area contributed by atoms with Gasteiger partial charge in [-0.05, 0) is 31.9 Å². The number of hydrogen-bond donors (Lipinski definition) is 1. The highest BCUT2D eigenvalue weighted by Gasteiger charge is 2.35. The number of pyridine rings is 1. The van der Waals surface area contributed by atoms with Crippen molar-refractivity contribution in [2.45, 2.75) is 43.5 Å². The summed E-state index contributed by atoms with van der Waals surface area (Å²) in [4.78, 5) is 16.2. The van der Waals surface area contributed by atoms with Crippen LogP contribution in [0.25, 0.3) is 10.8 Å². The molecule has 1 aromatic heterocycles. The molecule has 1 saturated carbocycles. The predicted molar refractivity (Wildman–Crippen MR) is 104 cm³/mol. The number of fused-ring (bicyclic) bond motifs is 1. The number of carbonyl (C=O) groups is 1. The monoisotopic (exact) mass is 430 g/mol. The van der Waals surface area contributed by atoms with Crippen LogP contribution in [0.15, 0.2) is 29.3 Å². The lowest BCUT2D eigenvalue weighted by Crippen LogP contribution is -2.45. The predicted octanol–water partition coefficient (Wildman–Crippen LogP) is 3.94. The molecule has 27 heavy (non-hydrogen) atoms. The lowest BCUT2D eigenvalue weighted by atomic mass is 9.85. The van der Waals surface area contributed by atoms with Gasteiger partial charge in [-0.3, -0.25) is 4.79 Å². The number of benzene rings is 1. The van der Waals surface area contributed by atoms with Crippen molar-refractivity contribution in [1.82, 2.24) is 9.71 Å². The van der Waals surface area contributed by atoms with E-state index >= 15 is 0 Å². The molecule has 1 N–H and O–H groups in total. The normalized spacial score (nSPS) is 20.6. The summed E-state index contributed by atoms with van der Waals surface area (Å²) in [7, 11) is -3.85. The van der Waals surface area contributed by atoms with Crippen molar-refractivity contribution in [2.24, 2.45) is 5.92 Å². The van der Waals surface area contributed by atoms with Gasteiger partial charge in [0.15, 0.2) is 0 Å². The van der Waals surface area contributed by atoms with Crippen LogP contribution in [0.5, 0.6) is 0 Å². The third-order valence-corrected chi connectivity index (χ3v) is 6.82. The van der Waals surface area contributed by atoms with E-state index in [1.165, 1.54) is 18.3 Å². The molecule has 1 aliphatic carbocycles. The van der Waals surface area contributed by atoms with Gasteiger partial charge in [0.2, 0.25) is 10.0 Å². The molecule has 9 heteroatoms. The summed E-state index contributed by atoms with van der Waals surface area (Å²) in [6, 6.07) is 4.02. The van der Waals surface area contributed by atoms with Crippen LogP contribution in [0.4, 0.5) is 0 Å². The molecule has 0 saturated heterocycles.